The summed E-state index contributed by atoms with van der Waals surface area (Å²) in [7, 11) is 1.36. The molecule has 0 fully saturated rings. The second-order valence-electron chi connectivity index (χ2n) is 4.97. The molecule has 0 heterocycles. The summed E-state index contributed by atoms with van der Waals surface area (Å²) < 4.78 is 4.78. The molecule has 0 bridgehead atoms. The topological polar surface area (TPSA) is 58.6 Å². The summed E-state index contributed by atoms with van der Waals surface area (Å²) in [4.78, 5) is 11.8. The summed E-state index contributed by atoms with van der Waals surface area (Å²) in [6.07, 6.45) is 0. The van der Waals surface area contributed by atoms with Crippen molar-refractivity contribution in [2.75, 3.05) is 12.4 Å². The highest BCUT2D eigenvalue weighted by molar-refractivity contribution is 5.95. The first-order valence-electron chi connectivity index (χ1n) is 6.76. The number of hydrogen-bond acceptors (Lipinski definition) is 4. The highest BCUT2D eigenvalue weighted by atomic mass is 16.5. The zero-order valence-electron chi connectivity index (χ0n) is 12.4. The molecule has 2 rings (SSSR count). The van der Waals surface area contributed by atoms with Crippen LogP contribution in [0.1, 0.15) is 34.5 Å². The summed E-state index contributed by atoms with van der Waals surface area (Å²) in [6, 6.07) is 12.5. The maximum Gasteiger partial charge on any atom is 0.339 e. The Balaban J connectivity index is 2.30. The van der Waals surface area contributed by atoms with Gasteiger partial charge in [-0.3, -0.25) is 0 Å². The first kappa shape index (κ1) is 14.9. The van der Waals surface area contributed by atoms with Crippen molar-refractivity contribution in [3.8, 4) is 5.75 Å². The Labute approximate surface area is 124 Å². The number of carbonyl (C=O) groups excluding carboxylic acids is 1. The number of ether oxygens (including phenoxy) is 1. The van der Waals surface area contributed by atoms with Gasteiger partial charge in [-0.1, -0.05) is 29.8 Å². The Bertz CT molecular complexity index is 652. The van der Waals surface area contributed by atoms with Gasteiger partial charge in [0.15, 0.2) is 0 Å². The van der Waals surface area contributed by atoms with Crippen LogP contribution in [-0.4, -0.2) is 18.2 Å². The van der Waals surface area contributed by atoms with Gasteiger partial charge in [-0.05, 0) is 32.0 Å². The number of para-hydroxylation sites is 1. The third-order valence-corrected chi connectivity index (χ3v) is 3.35. The number of aromatic hydroxyl groups is 1. The average molecular weight is 285 g/mol. The molecule has 4 nitrogen and oxygen atoms in total. The number of methoxy groups -OCH3 is 1. The van der Waals surface area contributed by atoms with Crippen LogP contribution in [0.15, 0.2) is 42.5 Å². The smallest absolute Gasteiger partial charge is 0.339 e. The maximum absolute atomic E-state index is 11.8. The summed E-state index contributed by atoms with van der Waals surface area (Å²) in [6.45, 7) is 3.90. The maximum atomic E-state index is 11.8. The van der Waals surface area contributed by atoms with E-state index in [0.717, 1.165) is 11.1 Å². The van der Waals surface area contributed by atoms with E-state index < -0.39 is 5.97 Å². The molecule has 1 atom stereocenters. The van der Waals surface area contributed by atoms with Crippen molar-refractivity contribution in [3.63, 3.8) is 0 Å². The molecule has 2 aromatic rings. The number of benzene rings is 2. The largest absolute Gasteiger partial charge is 0.508 e. The molecular weight excluding hydrogens is 266 g/mol. The van der Waals surface area contributed by atoms with Gasteiger partial charge in [0, 0.05) is 11.3 Å². The van der Waals surface area contributed by atoms with Crippen LogP contribution < -0.4 is 5.32 Å². The first-order chi connectivity index (χ1) is 10.0. The molecule has 2 N–H and O–H groups in total. The van der Waals surface area contributed by atoms with E-state index in [-0.39, 0.29) is 11.8 Å². The fourth-order valence-corrected chi connectivity index (χ4v) is 2.23. The van der Waals surface area contributed by atoms with Gasteiger partial charge in [0.25, 0.3) is 0 Å². The van der Waals surface area contributed by atoms with E-state index in [1.807, 2.05) is 38.1 Å². The Morgan fingerprint density at radius 3 is 2.67 bits per heavy atom. The summed E-state index contributed by atoms with van der Waals surface area (Å²) in [5.74, 6) is -0.157. The van der Waals surface area contributed by atoms with Gasteiger partial charge in [0.2, 0.25) is 0 Å². The van der Waals surface area contributed by atoms with E-state index in [1.165, 1.54) is 7.11 Å². The van der Waals surface area contributed by atoms with Crippen molar-refractivity contribution < 1.29 is 14.6 Å². The molecule has 0 amide bonds. The second kappa shape index (κ2) is 6.31. The highest BCUT2D eigenvalue weighted by Gasteiger charge is 2.15. The molecule has 4 heteroatoms. The minimum absolute atomic E-state index is 0.143. The van der Waals surface area contributed by atoms with Gasteiger partial charge in [-0.2, -0.15) is 0 Å². The van der Waals surface area contributed by atoms with E-state index in [1.54, 1.807) is 18.2 Å². The van der Waals surface area contributed by atoms with E-state index >= 15 is 0 Å². The number of rotatable bonds is 4. The number of aryl methyl sites for hydroxylation is 1. The lowest BCUT2D eigenvalue weighted by Gasteiger charge is -2.19. The quantitative estimate of drug-likeness (QED) is 0.842. The summed E-state index contributed by atoms with van der Waals surface area (Å²) >= 11 is 0. The Kier molecular flexibility index (Phi) is 4.48. The van der Waals surface area contributed by atoms with Gasteiger partial charge in [0.1, 0.15) is 5.75 Å². The normalized spacial score (nSPS) is 11.8. The number of nitrogens with one attached hydrogen (secondary N) is 1. The van der Waals surface area contributed by atoms with Crippen molar-refractivity contribution in [2.45, 2.75) is 19.9 Å². The van der Waals surface area contributed by atoms with E-state index in [0.29, 0.717) is 11.3 Å². The number of carbonyl (C=O) groups is 1. The average Bonchev–Trinajstić information content (AvgIpc) is 2.49. The summed E-state index contributed by atoms with van der Waals surface area (Å²) in [5, 5.41) is 13.2. The number of phenolic OH excluding ortho intramolecular Hbond substituents is 1. The third kappa shape index (κ3) is 3.34. The minimum Gasteiger partial charge on any atom is -0.508 e. The van der Waals surface area contributed by atoms with E-state index in [2.05, 4.69) is 5.32 Å². The molecule has 0 aromatic heterocycles. The third-order valence-electron chi connectivity index (χ3n) is 3.35. The second-order valence-corrected chi connectivity index (χ2v) is 4.97. The van der Waals surface area contributed by atoms with Crippen molar-refractivity contribution in [1.29, 1.82) is 0 Å². The standard InChI is InChI=1S/C17H19NO3/c1-11-8-9-16(19)14(10-11)12(2)18-15-7-5-4-6-13(15)17(20)21-3/h4-10,12,18-19H,1-3H3. The lowest BCUT2D eigenvalue weighted by Crippen LogP contribution is -2.12. The fourth-order valence-electron chi connectivity index (χ4n) is 2.23. The molecule has 2 aromatic carbocycles. The number of phenols is 1. The van der Waals surface area contributed by atoms with Gasteiger partial charge >= 0.3 is 5.97 Å². The van der Waals surface area contributed by atoms with Gasteiger partial charge in [0.05, 0.1) is 18.7 Å². The predicted octanol–water partition coefficient (Wildman–Crippen LogP) is 3.66. The molecule has 21 heavy (non-hydrogen) atoms. The van der Waals surface area contributed by atoms with Crippen LogP contribution in [0.5, 0.6) is 5.75 Å². The minimum atomic E-state index is -0.390. The lowest BCUT2D eigenvalue weighted by molar-refractivity contribution is 0.0602. The Morgan fingerprint density at radius 1 is 1.24 bits per heavy atom. The molecule has 0 saturated carbocycles. The van der Waals surface area contributed by atoms with Gasteiger partial charge in [-0.15, -0.1) is 0 Å². The molecule has 1 unspecified atom stereocenters. The van der Waals surface area contributed by atoms with Crippen LogP contribution in [0, 0.1) is 6.92 Å². The number of anilines is 1. The molecule has 0 aliphatic rings. The monoisotopic (exact) mass is 285 g/mol. The molecule has 0 aliphatic heterocycles. The number of esters is 1. The molecule has 0 saturated heterocycles. The van der Waals surface area contributed by atoms with Crippen molar-refractivity contribution >= 4 is 11.7 Å². The Hall–Kier alpha value is -2.49. The van der Waals surface area contributed by atoms with Crippen LogP contribution in [0.3, 0.4) is 0 Å². The van der Waals surface area contributed by atoms with Crippen LogP contribution >= 0.6 is 0 Å². The van der Waals surface area contributed by atoms with Crippen LogP contribution in [0.25, 0.3) is 0 Å². The molecule has 0 spiro atoms. The number of hydrogen-bond donors (Lipinski definition) is 2. The van der Waals surface area contributed by atoms with Gasteiger partial charge in [-0.25, -0.2) is 4.79 Å². The van der Waals surface area contributed by atoms with Gasteiger partial charge < -0.3 is 15.2 Å². The van der Waals surface area contributed by atoms with E-state index in [4.69, 9.17) is 4.74 Å². The SMILES string of the molecule is COC(=O)c1ccccc1NC(C)c1cc(C)ccc1O. The van der Waals surface area contributed by atoms with E-state index in [9.17, 15) is 9.90 Å². The fraction of sp³-hybridized carbons (Fsp3) is 0.235. The van der Waals surface area contributed by atoms with Crippen molar-refractivity contribution in [2.24, 2.45) is 0 Å². The molecule has 110 valence electrons. The first-order valence-corrected chi connectivity index (χ1v) is 6.76. The lowest BCUT2D eigenvalue weighted by atomic mass is 10.0. The predicted molar refractivity (Wildman–Crippen MR) is 82.7 cm³/mol. The molecule has 0 radical (unpaired) electrons. The van der Waals surface area contributed by atoms with Crippen LogP contribution in [-0.2, 0) is 4.74 Å². The van der Waals surface area contributed by atoms with Crippen molar-refractivity contribution in [3.05, 3.63) is 59.2 Å². The molecular formula is C17H19NO3. The zero-order chi connectivity index (χ0) is 15.4. The highest BCUT2D eigenvalue weighted by Crippen LogP contribution is 2.29. The summed E-state index contributed by atoms with van der Waals surface area (Å²) in [5.41, 5.74) is 3.00. The Morgan fingerprint density at radius 2 is 1.95 bits per heavy atom. The van der Waals surface area contributed by atoms with Crippen molar-refractivity contribution in [1.82, 2.24) is 0 Å². The zero-order valence-corrected chi connectivity index (χ0v) is 12.4. The van der Waals surface area contributed by atoms with Crippen LogP contribution in [0.4, 0.5) is 5.69 Å². The molecule has 0 aliphatic carbocycles. The van der Waals surface area contributed by atoms with Crippen LogP contribution in [0.2, 0.25) is 0 Å².